The first-order valence-electron chi connectivity index (χ1n) is 5.32. The Morgan fingerprint density at radius 1 is 0.900 bits per heavy atom. The van der Waals surface area contributed by atoms with E-state index in [4.69, 9.17) is 17.3 Å². The van der Waals surface area contributed by atoms with Gasteiger partial charge in [0.25, 0.3) is 0 Å². The van der Waals surface area contributed by atoms with E-state index in [2.05, 4.69) is 0 Å². The van der Waals surface area contributed by atoms with Gasteiger partial charge >= 0.3 is 6.18 Å². The summed E-state index contributed by atoms with van der Waals surface area (Å²) in [7, 11) is 0. The molecule has 1 nitrogen and oxygen atoms in total. The van der Waals surface area contributed by atoms with Crippen molar-refractivity contribution < 1.29 is 22.0 Å². The lowest BCUT2D eigenvalue weighted by Crippen LogP contribution is -2.06. The van der Waals surface area contributed by atoms with Gasteiger partial charge in [-0.3, -0.25) is 0 Å². The van der Waals surface area contributed by atoms with Crippen molar-refractivity contribution in [2.75, 3.05) is 5.73 Å². The molecule has 2 N–H and O–H groups in total. The van der Waals surface area contributed by atoms with Gasteiger partial charge in [-0.05, 0) is 24.3 Å². The molecule has 0 radical (unpaired) electrons. The topological polar surface area (TPSA) is 26.0 Å². The largest absolute Gasteiger partial charge is 0.416 e. The first-order chi connectivity index (χ1) is 9.20. The summed E-state index contributed by atoms with van der Waals surface area (Å²) in [6, 6.07) is 4.10. The maximum absolute atomic E-state index is 13.2. The van der Waals surface area contributed by atoms with Crippen molar-refractivity contribution in [1.82, 2.24) is 0 Å². The number of hydrogen-bond donors (Lipinski definition) is 1. The number of anilines is 1. The van der Waals surface area contributed by atoms with Gasteiger partial charge in [-0.25, -0.2) is 8.78 Å². The first-order valence-corrected chi connectivity index (χ1v) is 5.69. The van der Waals surface area contributed by atoms with E-state index >= 15 is 0 Å². The Labute approximate surface area is 115 Å². The van der Waals surface area contributed by atoms with Gasteiger partial charge in [-0.2, -0.15) is 13.2 Å². The Hall–Kier alpha value is -1.82. The van der Waals surface area contributed by atoms with Crippen LogP contribution < -0.4 is 5.73 Å². The predicted octanol–water partition coefficient (Wildman–Crippen LogP) is 4.89. The molecule has 0 heterocycles. The number of nitrogen functional groups attached to an aromatic ring is 1. The Balaban J connectivity index is 2.57. The molecule has 2 aromatic carbocycles. The van der Waals surface area contributed by atoms with Crippen LogP contribution in [0.2, 0.25) is 5.02 Å². The summed E-state index contributed by atoms with van der Waals surface area (Å²) < 4.78 is 63.7. The molecule has 0 amide bonds. The maximum Gasteiger partial charge on any atom is 0.416 e. The molecule has 2 rings (SSSR count). The number of benzene rings is 2. The molecule has 0 spiro atoms. The summed E-state index contributed by atoms with van der Waals surface area (Å²) in [6.07, 6.45) is -4.54. The Morgan fingerprint density at radius 2 is 1.50 bits per heavy atom. The predicted molar refractivity (Wildman–Crippen MR) is 66.2 cm³/mol. The van der Waals surface area contributed by atoms with Gasteiger partial charge in [0.2, 0.25) is 0 Å². The van der Waals surface area contributed by atoms with Crippen LogP contribution in [-0.2, 0) is 6.18 Å². The van der Waals surface area contributed by atoms with Crippen LogP contribution in [0.5, 0.6) is 0 Å². The van der Waals surface area contributed by atoms with Crippen molar-refractivity contribution in [2.24, 2.45) is 0 Å². The van der Waals surface area contributed by atoms with Crippen molar-refractivity contribution in [3.8, 4) is 11.1 Å². The van der Waals surface area contributed by atoms with Crippen LogP contribution in [0.4, 0.5) is 27.6 Å². The molecule has 0 unspecified atom stereocenters. The van der Waals surface area contributed by atoms with Crippen molar-refractivity contribution in [3.05, 3.63) is 52.6 Å². The van der Waals surface area contributed by atoms with Gasteiger partial charge in [0.05, 0.1) is 10.6 Å². The molecule has 0 bridgehead atoms. The number of nitrogens with two attached hydrogens (primary N) is 1. The Morgan fingerprint density at radius 3 is 2.05 bits per heavy atom. The minimum absolute atomic E-state index is 0.0248. The standard InChI is InChI=1S/C13H7ClF5N/c14-9-5-11(16)10(15)4-8(9)7-2-1-6(3-12(7)20)13(17,18)19/h1-5H,20H2. The second-order valence-electron chi connectivity index (χ2n) is 4.05. The van der Waals surface area contributed by atoms with Crippen LogP contribution in [-0.4, -0.2) is 0 Å². The third-order valence-electron chi connectivity index (χ3n) is 2.68. The van der Waals surface area contributed by atoms with E-state index in [1.165, 1.54) is 0 Å². The normalized spacial score (nSPS) is 11.7. The molecule has 2 aromatic rings. The fourth-order valence-corrected chi connectivity index (χ4v) is 1.97. The molecule has 0 atom stereocenters. The van der Waals surface area contributed by atoms with Crippen LogP contribution >= 0.6 is 11.6 Å². The Kier molecular flexibility index (Phi) is 3.60. The second-order valence-corrected chi connectivity index (χ2v) is 4.45. The van der Waals surface area contributed by atoms with E-state index in [1.807, 2.05) is 0 Å². The summed E-state index contributed by atoms with van der Waals surface area (Å²) in [4.78, 5) is 0. The highest BCUT2D eigenvalue weighted by atomic mass is 35.5. The smallest absolute Gasteiger partial charge is 0.398 e. The fraction of sp³-hybridized carbons (Fsp3) is 0.0769. The van der Waals surface area contributed by atoms with E-state index in [0.29, 0.717) is 6.07 Å². The third kappa shape index (κ3) is 2.70. The molecule has 106 valence electrons. The molecule has 0 aliphatic heterocycles. The van der Waals surface area contributed by atoms with Gasteiger partial charge in [-0.1, -0.05) is 17.7 Å². The van der Waals surface area contributed by atoms with E-state index in [1.54, 1.807) is 0 Å². The monoisotopic (exact) mass is 307 g/mol. The van der Waals surface area contributed by atoms with Crippen LogP contribution in [0.25, 0.3) is 11.1 Å². The molecular formula is C13H7ClF5N. The SMILES string of the molecule is Nc1cc(C(F)(F)F)ccc1-c1cc(F)c(F)cc1Cl. The zero-order valence-corrected chi connectivity index (χ0v) is 10.5. The molecule has 0 aromatic heterocycles. The van der Waals surface area contributed by atoms with Gasteiger partial charge in [0, 0.05) is 16.8 Å². The average molecular weight is 308 g/mol. The summed E-state index contributed by atoms with van der Waals surface area (Å²) in [5.74, 6) is -2.31. The minimum atomic E-state index is -4.54. The maximum atomic E-state index is 13.2. The summed E-state index contributed by atoms with van der Waals surface area (Å²) in [5.41, 5.74) is 4.49. The average Bonchev–Trinajstić information content (AvgIpc) is 2.33. The number of hydrogen-bond acceptors (Lipinski definition) is 1. The van der Waals surface area contributed by atoms with Crippen molar-refractivity contribution in [3.63, 3.8) is 0 Å². The first kappa shape index (κ1) is 14.6. The number of rotatable bonds is 1. The highest BCUT2D eigenvalue weighted by Gasteiger charge is 2.31. The van der Waals surface area contributed by atoms with E-state index < -0.39 is 23.4 Å². The molecule has 0 saturated carbocycles. The minimum Gasteiger partial charge on any atom is -0.398 e. The lowest BCUT2D eigenvalue weighted by molar-refractivity contribution is -0.137. The van der Waals surface area contributed by atoms with E-state index in [9.17, 15) is 22.0 Å². The summed E-state index contributed by atoms with van der Waals surface area (Å²) >= 11 is 5.75. The summed E-state index contributed by atoms with van der Waals surface area (Å²) in [6.45, 7) is 0. The van der Waals surface area contributed by atoms with Crippen LogP contribution in [0.15, 0.2) is 30.3 Å². The van der Waals surface area contributed by atoms with Crippen LogP contribution in [0.1, 0.15) is 5.56 Å². The quantitative estimate of drug-likeness (QED) is 0.453. The van der Waals surface area contributed by atoms with Crippen molar-refractivity contribution >= 4 is 17.3 Å². The molecule has 0 aliphatic carbocycles. The zero-order valence-electron chi connectivity index (χ0n) is 9.73. The molecule has 0 fully saturated rings. The number of halogens is 6. The third-order valence-corrected chi connectivity index (χ3v) is 2.99. The molecule has 20 heavy (non-hydrogen) atoms. The van der Waals surface area contributed by atoms with Gasteiger partial charge in [0.15, 0.2) is 11.6 Å². The van der Waals surface area contributed by atoms with Crippen molar-refractivity contribution in [2.45, 2.75) is 6.18 Å². The zero-order chi connectivity index (χ0) is 15.1. The van der Waals surface area contributed by atoms with E-state index in [-0.39, 0.29) is 21.8 Å². The number of alkyl halides is 3. The van der Waals surface area contributed by atoms with Crippen LogP contribution in [0, 0.1) is 11.6 Å². The molecule has 0 aliphatic rings. The lowest BCUT2D eigenvalue weighted by atomic mass is 10.0. The van der Waals surface area contributed by atoms with Gasteiger partial charge in [0.1, 0.15) is 0 Å². The fourth-order valence-electron chi connectivity index (χ4n) is 1.71. The van der Waals surface area contributed by atoms with Crippen molar-refractivity contribution in [1.29, 1.82) is 0 Å². The highest BCUT2D eigenvalue weighted by molar-refractivity contribution is 6.33. The lowest BCUT2D eigenvalue weighted by Gasteiger charge is -2.12. The summed E-state index contributed by atoms with van der Waals surface area (Å²) in [5, 5.41) is -0.143. The second kappa shape index (κ2) is 4.94. The molecular weight excluding hydrogens is 301 g/mol. The molecule has 7 heteroatoms. The Bertz CT molecular complexity index is 667. The highest BCUT2D eigenvalue weighted by Crippen LogP contribution is 2.37. The van der Waals surface area contributed by atoms with Gasteiger partial charge in [-0.15, -0.1) is 0 Å². The van der Waals surface area contributed by atoms with E-state index in [0.717, 1.165) is 24.3 Å². The van der Waals surface area contributed by atoms with Crippen LogP contribution in [0.3, 0.4) is 0 Å². The molecule has 0 saturated heterocycles. The van der Waals surface area contributed by atoms with Gasteiger partial charge < -0.3 is 5.73 Å².